The minimum Gasteiger partial charge on any atom is -0.460 e. The molecule has 1 fully saturated rings. The summed E-state index contributed by atoms with van der Waals surface area (Å²) in [6.45, 7) is 5.66. The van der Waals surface area contributed by atoms with Crippen LogP contribution in [0.2, 0.25) is 0 Å². The van der Waals surface area contributed by atoms with Crippen molar-refractivity contribution in [2.24, 2.45) is 0 Å². The van der Waals surface area contributed by atoms with Crippen molar-refractivity contribution in [2.45, 2.75) is 25.5 Å². The number of carbonyl (C=O) groups is 1. The van der Waals surface area contributed by atoms with Crippen LogP contribution in [0.1, 0.15) is 29.5 Å². The zero-order chi connectivity index (χ0) is 18.8. The van der Waals surface area contributed by atoms with E-state index in [1.54, 1.807) is 4.68 Å². The summed E-state index contributed by atoms with van der Waals surface area (Å²) in [6, 6.07) is 13.6. The van der Waals surface area contributed by atoms with Gasteiger partial charge in [-0.25, -0.2) is 4.68 Å². The lowest BCUT2D eigenvalue weighted by atomic mass is 10.1. The van der Waals surface area contributed by atoms with Crippen LogP contribution in [0, 0.1) is 6.92 Å². The molecule has 3 aromatic rings. The van der Waals surface area contributed by atoms with Gasteiger partial charge < -0.3 is 9.32 Å². The number of rotatable bonds is 3. The first-order valence-electron chi connectivity index (χ1n) is 9.24. The van der Waals surface area contributed by atoms with Gasteiger partial charge in [0.1, 0.15) is 11.5 Å². The van der Waals surface area contributed by atoms with Crippen molar-refractivity contribution in [3.8, 4) is 17.1 Å². The third-order valence-corrected chi connectivity index (χ3v) is 6.02. The average molecular weight is 382 g/mol. The number of carbonyl (C=O) groups excluding carboxylic acids is 1. The number of thioether (sulfide) groups is 1. The lowest BCUT2D eigenvalue weighted by molar-refractivity contribution is 0.0767. The molecular formula is C21H23N3O2S. The van der Waals surface area contributed by atoms with E-state index in [0.29, 0.717) is 22.3 Å². The molecule has 6 heteroatoms. The molecule has 2 aromatic heterocycles. The molecule has 1 aromatic carbocycles. The van der Waals surface area contributed by atoms with Crippen LogP contribution in [-0.4, -0.2) is 44.7 Å². The van der Waals surface area contributed by atoms with Crippen LogP contribution in [0.25, 0.3) is 17.1 Å². The van der Waals surface area contributed by atoms with Gasteiger partial charge in [0, 0.05) is 30.3 Å². The van der Waals surface area contributed by atoms with Crippen molar-refractivity contribution in [3.63, 3.8) is 0 Å². The fourth-order valence-corrected chi connectivity index (χ4v) is 4.26. The van der Waals surface area contributed by atoms with E-state index in [4.69, 9.17) is 4.42 Å². The smallest absolute Gasteiger partial charge is 0.257 e. The van der Waals surface area contributed by atoms with Crippen molar-refractivity contribution in [3.05, 3.63) is 60.0 Å². The van der Waals surface area contributed by atoms with E-state index in [-0.39, 0.29) is 5.91 Å². The maximum atomic E-state index is 13.3. The Bertz CT molecular complexity index is 932. The summed E-state index contributed by atoms with van der Waals surface area (Å²) in [5, 5.41) is 5.27. The fourth-order valence-electron chi connectivity index (χ4n) is 3.26. The van der Waals surface area contributed by atoms with Gasteiger partial charge in [0.2, 0.25) is 0 Å². The number of amides is 1. The summed E-state index contributed by atoms with van der Waals surface area (Å²) in [5.41, 5.74) is 2.11. The molecule has 3 heterocycles. The highest BCUT2D eigenvalue weighted by atomic mass is 32.2. The minimum atomic E-state index is 0.0240. The highest BCUT2D eigenvalue weighted by Crippen LogP contribution is 2.28. The Morgan fingerprint density at radius 2 is 2.00 bits per heavy atom. The summed E-state index contributed by atoms with van der Waals surface area (Å²) < 4.78 is 7.55. The molecule has 27 heavy (non-hydrogen) atoms. The van der Waals surface area contributed by atoms with Crippen LogP contribution in [0.4, 0.5) is 0 Å². The number of hydrogen-bond donors (Lipinski definition) is 0. The van der Waals surface area contributed by atoms with Crippen LogP contribution < -0.4 is 0 Å². The fraction of sp³-hybridized carbons (Fsp3) is 0.333. The molecule has 0 N–H and O–H groups in total. The molecule has 1 aliphatic rings. The van der Waals surface area contributed by atoms with Crippen molar-refractivity contribution in [2.75, 3.05) is 18.8 Å². The molecule has 4 rings (SSSR count). The Balaban J connectivity index is 1.73. The summed E-state index contributed by atoms with van der Waals surface area (Å²) in [7, 11) is 0. The highest BCUT2D eigenvalue weighted by Gasteiger charge is 2.26. The Labute approximate surface area is 163 Å². The topological polar surface area (TPSA) is 51.3 Å². The molecule has 0 radical (unpaired) electrons. The monoisotopic (exact) mass is 381 g/mol. The number of furan rings is 1. The van der Waals surface area contributed by atoms with Crippen molar-refractivity contribution < 1.29 is 9.21 Å². The number of para-hydroxylation sites is 1. The van der Waals surface area contributed by atoms with Gasteiger partial charge in [-0.2, -0.15) is 16.9 Å². The second-order valence-corrected chi connectivity index (χ2v) is 8.39. The molecule has 0 bridgehead atoms. The lowest BCUT2D eigenvalue weighted by Gasteiger charge is -2.19. The maximum Gasteiger partial charge on any atom is 0.257 e. The molecule has 0 spiro atoms. The van der Waals surface area contributed by atoms with Gasteiger partial charge in [0.25, 0.3) is 5.91 Å². The van der Waals surface area contributed by atoms with Gasteiger partial charge in [-0.15, -0.1) is 0 Å². The van der Waals surface area contributed by atoms with Crippen LogP contribution in [0.3, 0.4) is 0 Å². The number of nitrogens with zero attached hydrogens (tertiary/aromatic N) is 3. The number of aromatic nitrogens is 2. The molecule has 140 valence electrons. The molecule has 5 nitrogen and oxygen atoms in total. The first kappa shape index (κ1) is 17.9. The van der Waals surface area contributed by atoms with Gasteiger partial charge >= 0.3 is 0 Å². The normalized spacial score (nSPS) is 17.7. The van der Waals surface area contributed by atoms with Crippen LogP contribution in [0.15, 0.2) is 53.1 Å². The molecule has 1 atom stereocenters. The van der Waals surface area contributed by atoms with E-state index in [0.717, 1.165) is 36.7 Å². The van der Waals surface area contributed by atoms with E-state index >= 15 is 0 Å². The molecular weight excluding hydrogens is 358 g/mol. The maximum absolute atomic E-state index is 13.3. The zero-order valence-electron chi connectivity index (χ0n) is 15.6. The largest absolute Gasteiger partial charge is 0.460 e. The molecule has 0 unspecified atom stereocenters. The lowest BCUT2D eigenvalue weighted by Crippen LogP contribution is -2.33. The van der Waals surface area contributed by atoms with E-state index in [2.05, 4.69) is 12.0 Å². The zero-order valence-corrected chi connectivity index (χ0v) is 16.4. The van der Waals surface area contributed by atoms with Crippen LogP contribution in [0.5, 0.6) is 0 Å². The average Bonchev–Trinajstić information content (AvgIpc) is 3.25. The van der Waals surface area contributed by atoms with Crippen LogP contribution >= 0.6 is 11.8 Å². The summed E-state index contributed by atoms with van der Waals surface area (Å²) in [4.78, 5) is 15.3. The van der Waals surface area contributed by atoms with Gasteiger partial charge in [-0.3, -0.25) is 4.79 Å². The van der Waals surface area contributed by atoms with Crippen molar-refractivity contribution in [1.29, 1.82) is 0 Å². The first-order valence-corrected chi connectivity index (χ1v) is 10.3. The van der Waals surface area contributed by atoms with Crippen molar-refractivity contribution in [1.82, 2.24) is 14.7 Å². The molecule has 0 saturated carbocycles. The Hall–Kier alpha value is -2.47. The first-order chi connectivity index (χ1) is 13.1. The summed E-state index contributed by atoms with van der Waals surface area (Å²) in [6.07, 6.45) is 2.84. The molecule has 1 amide bonds. The van der Waals surface area contributed by atoms with Gasteiger partial charge in [0.15, 0.2) is 5.76 Å². The molecule has 1 aliphatic heterocycles. The molecule has 0 aliphatic carbocycles. The predicted molar refractivity (Wildman–Crippen MR) is 108 cm³/mol. The summed E-state index contributed by atoms with van der Waals surface area (Å²) >= 11 is 1.93. The third kappa shape index (κ3) is 3.81. The van der Waals surface area contributed by atoms with Gasteiger partial charge in [-0.1, -0.05) is 25.1 Å². The highest BCUT2D eigenvalue weighted by molar-refractivity contribution is 7.99. The molecule has 1 saturated heterocycles. The van der Waals surface area contributed by atoms with Gasteiger partial charge in [0.05, 0.1) is 11.3 Å². The summed E-state index contributed by atoms with van der Waals surface area (Å²) in [5.74, 6) is 2.42. The third-order valence-electron chi connectivity index (χ3n) is 4.80. The minimum absolute atomic E-state index is 0.0240. The second-order valence-electron chi connectivity index (χ2n) is 6.84. The number of hydrogen-bond acceptors (Lipinski definition) is 4. The predicted octanol–water partition coefficient (Wildman–Crippen LogP) is 4.41. The van der Waals surface area contributed by atoms with E-state index in [9.17, 15) is 4.79 Å². The Morgan fingerprint density at radius 3 is 2.74 bits per heavy atom. The van der Waals surface area contributed by atoms with Gasteiger partial charge in [-0.05, 0) is 37.6 Å². The van der Waals surface area contributed by atoms with E-state index in [1.165, 1.54) is 0 Å². The Morgan fingerprint density at radius 1 is 1.19 bits per heavy atom. The van der Waals surface area contributed by atoms with Crippen molar-refractivity contribution >= 4 is 17.7 Å². The van der Waals surface area contributed by atoms with E-state index in [1.807, 2.05) is 72.2 Å². The Kier molecular flexibility index (Phi) is 5.07. The number of benzene rings is 1. The SMILES string of the molecule is Cc1ccc(-c2nn(-c3ccccc3)cc2C(=O)N2CCS[C@@H](C)CC2)o1. The number of aryl methyl sites for hydroxylation is 1. The van der Waals surface area contributed by atoms with E-state index < -0.39 is 0 Å². The standard InChI is InChI=1S/C21H23N3O2S/c1-15-8-9-19(26-15)20-18(14-24(22-20)17-6-4-3-5-7-17)21(25)23-11-10-16(2)27-13-12-23/h3-9,14,16H,10-13H2,1-2H3/t16-/m0/s1. The van der Waals surface area contributed by atoms with Crippen LogP contribution in [-0.2, 0) is 0 Å². The second kappa shape index (κ2) is 7.64. The quantitative estimate of drug-likeness (QED) is 0.674.